The van der Waals surface area contributed by atoms with E-state index in [1.165, 1.54) is 13.1 Å². The van der Waals surface area contributed by atoms with Crippen LogP contribution in [0.3, 0.4) is 0 Å². The van der Waals surface area contributed by atoms with Gasteiger partial charge in [-0.3, -0.25) is 43.6 Å². The number of rotatable bonds is 16. The molecule has 6 aliphatic rings. The summed E-state index contributed by atoms with van der Waals surface area (Å²) in [6.45, 7) is 25.5. The van der Waals surface area contributed by atoms with Crippen molar-refractivity contribution in [3.05, 3.63) is 36.4 Å². The number of pyridine rings is 1. The number of ether oxygens (including phenoxy) is 4. The number of nitrogens with one attached hydrogen (secondary N) is 4. The van der Waals surface area contributed by atoms with E-state index >= 15 is 0 Å². The molecule has 0 aliphatic carbocycles. The van der Waals surface area contributed by atoms with Crippen LogP contribution < -0.4 is 32.2 Å². The molecule has 0 bridgehead atoms. The largest absolute Gasteiger partial charge is 0.478 e. The normalized spacial score (nSPS) is 20.6. The van der Waals surface area contributed by atoms with Gasteiger partial charge in [0.05, 0.1) is 99.2 Å². The molecule has 8 N–H and O–H groups in total. The van der Waals surface area contributed by atoms with Gasteiger partial charge in [0.15, 0.2) is 5.82 Å². The average molecular weight is 1100 g/mol. The van der Waals surface area contributed by atoms with Gasteiger partial charge < -0.3 is 51.3 Å². The number of nitrogens with two attached hydrogens (primary N) is 2. The van der Waals surface area contributed by atoms with E-state index in [-0.39, 0.29) is 34.6 Å². The fourth-order valence-corrected chi connectivity index (χ4v) is 9.77. The van der Waals surface area contributed by atoms with Gasteiger partial charge in [0.1, 0.15) is 5.69 Å². The number of carbonyl (C=O) groups excluding carboxylic acids is 3. The van der Waals surface area contributed by atoms with Crippen molar-refractivity contribution in [2.75, 3.05) is 136 Å². The van der Waals surface area contributed by atoms with Gasteiger partial charge in [0.25, 0.3) is 5.88 Å². The first-order valence-electron chi connectivity index (χ1n) is 26.1. The molecular formula is C50H79BrN16O7. The first kappa shape index (κ1) is 56.8. The molecule has 0 saturated carbocycles. The van der Waals surface area contributed by atoms with Crippen molar-refractivity contribution in [3.63, 3.8) is 0 Å². The third kappa shape index (κ3) is 14.7. The van der Waals surface area contributed by atoms with Gasteiger partial charge in [-0.25, -0.2) is 15.0 Å². The molecule has 6 aliphatic heterocycles. The second kappa shape index (κ2) is 27.8. The average Bonchev–Trinajstić information content (AvgIpc) is 3.95. The second-order valence-electron chi connectivity index (χ2n) is 19.4. The van der Waals surface area contributed by atoms with Crippen LogP contribution in [0.25, 0.3) is 22.2 Å². The number of hydrogen-bond acceptors (Lipinski definition) is 18. The molecule has 3 unspecified atom stereocenters. The number of primary amides is 2. The molecule has 4 aromatic heterocycles. The molecular weight excluding hydrogens is 1020 g/mol. The molecule has 4 aromatic rings. The molecule has 6 saturated heterocycles. The fourth-order valence-electron chi connectivity index (χ4n) is 9.77. The van der Waals surface area contributed by atoms with Gasteiger partial charge in [-0.05, 0) is 37.8 Å². The number of alkyl halides is 1. The summed E-state index contributed by atoms with van der Waals surface area (Å²) < 4.78 is 22.7. The maximum absolute atomic E-state index is 13.5. The SMILES string of the molecule is C1CN(C2COC2)CCN1.CCC(Br)C(N)=O.CCC(C(=O)Nc1nccc2c(-c3nc(Nc4cn(C)nc4OC)ncc3C)c[nH]c12)N1CCN(C2COC2)CC1.CCC(C(N)=O)N1CCN(C2COC2)CC1. The Morgan fingerprint density at radius 3 is 1.82 bits per heavy atom. The van der Waals surface area contributed by atoms with E-state index in [0.29, 0.717) is 35.4 Å². The number of halogens is 1. The first-order chi connectivity index (χ1) is 35.8. The minimum absolute atomic E-state index is 0.0424. The quantitative estimate of drug-likeness (QED) is 0.0873. The zero-order valence-corrected chi connectivity index (χ0v) is 45.6. The first-order valence-corrected chi connectivity index (χ1v) is 27.1. The monoisotopic (exact) mass is 1090 g/mol. The Kier molecular flexibility index (Phi) is 21.3. The van der Waals surface area contributed by atoms with Crippen LogP contribution in [0, 0.1) is 6.92 Å². The van der Waals surface area contributed by atoms with Crippen LogP contribution in [0.2, 0.25) is 0 Å². The van der Waals surface area contributed by atoms with Gasteiger partial charge in [0.2, 0.25) is 23.7 Å². The number of hydrogen-bond donors (Lipinski definition) is 6. The van der Waals surface area contributed by atoms with Gasteiger partial charge in [0, 0.05) is 115 Å². The molecule has 6 fully saturated rings. The Morgan fingerprint density at radius 2 is 1.35 bits per heavy atom. The molecule has 3 atom stereocenters. The van der Waals surface area contributed by atoms with E-state index in [0.717, 1.165) is 158 Å². The number of carbonyl (C=O) groups is 3. The van der Waals surface area contributed by atoms with Crippen LogP contribution in [0.15, 0.2) is 30.9 Å². The Morgan fingerprint density at radius 1 is 0.797 bits per heavy atom. The highest BCUT2D eigenvalue weighted by Crippen LogP contribution is 2.33. The van der Waals surface area contributed by atoms with Crippen molar-refractivity contribution >= 4 is 62.0 Å². The molecule has 408 valence electrons. The van der Waals surface area contributed by atoms with E-state index in [4.69, 9.17) is 35.4 Å². The van der Waals surface area contributed by atoms with Gasteiger partial charge in [-0.1, -0.05) is 36.7 Å². The van der Waals surface area contributed by atoms with Crippen molar-refractivity contribution in [3.8, 4) is 17.1 Å². The van der Waals surface area contributed by atoms with Gasteiger partial charge in [-0.15, -0.1) is 5.10 Å². The molecule has 0 aromatic carbocycles. The lowest BCUT2D eigenvalue weighted by Gasteiger charge is -2.44. The maximum atomic E-state index is 13.5. The molecule has 0 radical (unpaired) electrons. The summed E-state index contributed by atoms with van der Waals surface area (Å²) in [4.78, 5) is 63.7. The molecule has 10 heterocycles. The zero-order valence-electron chi connectivity index (χ0n) is 44.1. The van der Waals surface area contributed by atoms with Crippen molar-refractivity contribution in [1.82, 2.24) is 59.5 Å². The highest BCUT2D eigenvalue weighted by molar-refractivity contribution is 9.10. The molecule has 74 heavy (non-hydrogen) atoms. The van der Waals surface area contributed by atoms with Crippen molar-refractivity contribution in [2.24, 2.45) is 18.5 Å². The van der Waals surface area contributed by atoms with E-state index in [1.54, 1.807) is 30.4 Å². The van der Waals surface area contributed by atoms with Gasteiger partial charge in [-0.2, -0.15) is 0 Å². The van der Waals surface area contributed by atoms with Crippen LogP contribution in [-0.2, 0) is 35.6 Å². The fraction of sp³-hybridized carbons (Fsp3) is 0.660. The lowest BCUT2D eigenvalue weighted by atomic mass is 10.1. The van der Waals surface area contributed by atoms with Crippen LogP contribution in [0.5, 0.6) is 5.88 Å². The molecule has 10 rings (SSSR count). The molecule has 23 nitrogen and oxygen atoms in total. The molecule has 24 heteroatoms. The second-order valence-corrected chi connectivity index (χ2v) is 20.5. The minimum atomic E-state index is -0.289. The summed E-state index contributed by atoms with van der Waals surface area (Å²) in [7, 11) is 3.39. The number of nitrogens with zero attached hydrogens (tertiary/aromatic N) is 10. The van der Waals surface area contributed by atoms with Crippen molar-refractivity contribution < 1.29 is 33.3 Å². The molecule has 0 spiro atoms. The Balaban J connectivity index is 0.000000195. The number of aryl methyl sites for hydroxylation is 2. The van der Waals surface area contributed by atoms with Gasteiger partial charge >= 0.3 is 0 Å². The van der Waals surface area contributed by atoms with E-state index in [9.17, 15) is 14.4 Å². The number of fused-ring (bicyclic) bond motifs is 1. The number of H-pyrrole nitrogens is 1. The Bertz CT molecular complexity index is 2410. The number of piperazine rings is 3. The minimum Gasteiger partial charge on any atom is -0.478 e. The topological polar surface area (TPSA) is 265 Å². The summed E-state index contributed by atoms with van der Waals surface area (Å²) >= 11 is 3.07. The highest BCUT2D eigenvalue weighted by atomic mass is 79.9. The van der Waals surface area contributed by atoms with Crippen LogP contribution in [0.1, 0.15) is 45.6 Å². The molecule has 3 amide bonds. The summed E-state index contributed by atoms with van der Waals surface area (Å²) in [5, 5.41) is 14.8. The van der Waals surface area contributed by atoms with Crippen LogP contribution >= 0.6 is 15.9 Å². The zero-order chi connectivity index (χ0) is 52.7. The number of aromatic nitrogens is 6. The summed E-state index contributed by atoms with van der Waals surface area (Å²) in [5.74, 6) is 0.860. The number of methoxy groups -OCH3 is 1. The van der Waals surface area contributed by atoms with E-state index in [2.05, 4.69) is 83.4 Å². The smallest absolute Gasteiger partial charge is 0.256 e. The Hall–Kier alpha value is -4.89. The lowest BCUT2D eigenvalue weighted by Crippen LogP contribution is -2.59. The van der Waals surface area contributed by atoms with E-state index in [1.807, 2.05) is 40.1 Å². The predicted octanol–water partition coefficient (Wildman–Crippen LogP) is 1.75. The summed E-state index contributed by atoms with van der Waals surface area (Å²) in [6.07, 6.45) is 9.48. The van der Waals surface area contributed by atoms with Crippen LogP contribution in [-0.4, -0.2) is 232 Å². The number of anilines is 3. The lowest BCUT2D eigenvalue weighted by molar-refractivity contribution is -0.125. The Labute approximate surface area is 443 Å². The number of aromatic amines is 1. The standard InChI is InChI=1S/C28H36N10O3.C11H21N3O2.C7H14N2O.C4H8BrNO/c1-5-22(38-10-8-37(9-11-38)18-15-41-16-18)26(39)34-25-24-19(6-7-29-25)20(13-30-24)23-17(2)12-31-28(33-23)32-21-14-36(3)35-27(21)40-4;1-2-10(11(12)15)14-5-3-13(4-6-14)9-7-16-8-9;1-3-9(4-2-8-1)7-5-10-6-7;1-2-3(5)4(6)7/h6-7,12-14,18,22,30H,5,8-11,15-16H2,1-4H3,(H,29,34,39)(H,31,32,33);9-10H,2-8H2,1H3,(H2,12,15);7-8H,1-6H2;3H,2H2,1H3,(H2,6,7). The highest BCUT2D eigenvalue weighted by Gasteiger charge is 2.34. The third-order valence-electron chi connectivity index (χ3n) is 14.5. The summed E-state index contributed by atoms with van der Waals surface area (Å²) in [5.41, 5.74) is 14.2. The third-order valence-corrected chi connectivity index (χ3v) is 15.6. The van der Waals surface area contributed by atoms with Crippen LogP contribution in [0.4, 0.5) is 17.5 Å². The van der Waals surface area contributed by atoms with E-state index < -0.39 is 0 Å². The number of amides is 3. The maximum Gasteiger partial charge on any atom is 0.256 e. The van der Waals surface area contributed by atoms with Crippen molar-refractivity contribution in [2.45, 2.75) is 82.0 Å². The summed E-state index contributed by atoms with van der Waals surface area (Å²) in [6, 6.07) is 3.50. The van der Waals surface area contributed by atoms with Crippen molar-refractivity contribution in [1.29, 1.82) is 0 Å². The predicted molar refractivity (Wildman–Crippen MR) is 288 cm³/mol.